The summed E-state index contributed by atoms with van der Waals surface area (Å²) in [5.41, 5.74) is 3.56. The fourth-order valence-corrected chi connectivity index (χ4v) is 3.85. The number of para-hydroxylation sites is 1. The van der Waals surface area contributed by atoms with Gasteiger partial charge in [0.25, 0.3) is 5.91 Å². The number of piperazine rings is 1. The van der Waals surface area contributed by atoms with Crippen LogP contribution in [0.4, 0.5) is 5.69 Å². The average molecular weight is 407 g/mol. The summed E-state index contributed by atoms with van der Waals surface area (Å²) in [6, 6.07) is 13.8. The summed E-state index contributed by atoms with van der Waals surface area (Å²) in [7, 11) is 0. The lowest BCUT2D eigenvalue weighted by atomic mass is 10.1. The molecule has 6 heteroatoms. The number of carbonyl (C=O) groups is 1. The van der Waals surface area contributed by atoms with Crippen molar-refractivity contribution < 1.29 is 9.69 Å². The highest BCUT2D eigenvalue weighted by atomic mass is 35.5. The Morgan fingerprint density at radius 1 is 1.15 bits per heavy atom. The van der Waals surface area contributed by atoms with E-state index in [0.717, 1.165) is 31.7 Å². The first-order valence-corrected chi connectivity index (χ1v) is 10.1. The van der Waals surface area contributed by atoms with Gasteiger partial charge in [0.05, 0.1) is 42.3 Å². The normalized spacial score (nSPS) is 16.2. The van der Waals surface area contributed by atoms with Crippen LogP contribution in [0.5, 0.6) is 0 Å². The van der Waals surface area contributed by atoms with E-state index in [1.807, 2.05) is 19.1 Å². The minimum atomic E-state index is -0.0973. The number of aryl methyl sites for hydroxylation is 1. The first-order chi connectivity index (χ1) is 12.9. The number of halogens is 2. The molecule has 1 heterocycles. The number of nitrogens with zero attached hydrogens (tertiary/aromatic N) is 1. The maximum atomic E-state index is 12.4. The third-order valence-corrected chi connectivity index (χ3v) is 5.90. The molecule has 1 aliphatic heterocycles. The molecule has 144 valence electrons. The molecular formula is C21H26Cl2N3O+. The van der Waals surface area contributed by atoms with Crippen LogP contribution < -0.4 is 15.1 Å². The van der Waals surface area contributed by atoms with Crippen molar-refractivity contribution in [2.24, 2.45) is 0 Å². The van der Waals surface area contributed by atoms with Crippen molar-refractivity contribution in [1.82, 2.24) is 5.32 Å². The number of quaternary nitrogens is 1. The van der Waals surface area contributed by atoms with Crippen LogP contribution >= 0.6 is 23.2 Å². The van der Waals surface area contributed by atoms with Crippen molar-refractivity contribution in [3.05, 3.63) is 63.6 Å². The minimum absolute atomic E-state index is 0.0629. The van der Waals surface area contributed by atoms with Crippen LogP contribution in [-0.2, 0) is 4.79 Å². The number of benzene rings is 2. The number of hydrogen-bond donors (Lipinski definition) is 2. The molecule has 4 nitrogen and oxygen atoms in total. The van der Waals surface area contributed by atoms with Gasteiger partial charge in [0, 0.05) is 5.69 Å². The molecular weight excluding hydrogens is 381 g/mol. The average Bonchev–Trinajstić information content (AvgIpc) is 2.65. The molecule has 3 rings (SSSR count). The van der Waals surface area contributed by atoms with Crippen molar-refractivity contribution in [3.63, 3.8) is 0 Å². The summed E-state index contributed by atoms with van der Waals surface area (Å²) in [6.45, 7) is 8.46. The molecule has 0 aromatic heterocycles. The Morgan fingerprint density at radius 2 is 1.85 bits per heavy atom. The maximum absolute atomic E-state index is 12.4. The molecule has 0 saturated carbocycles. The largest absolute Gasteiger partial charge is 0.360 e. The van der Waals surface area contributed by atoms with Gasteiger partial charge in [-0.3, -0.25) is 4.79 Å². The van der Waals surface area contributed by atoms with Gasteiger partial charge in [-0.15, -0.1) is 0 Å². The summed E-state index contributed by atoms with van der Waals surface area (Å²) in [5, 5.41) is 4.10. The fourth-order valence-electron chi connectivity index (χ4n) is 3.54. The molecule has 0 radical (unpaired) electrons. The van der Waals surface area contributed by atoms with E-state index in [4.69, 9.17) is 23.2 Å². The molecule has 1 fully saturated rings. The molecule has 1 aliphatic rings. The molecule has 0 unspecified atom stereocenters. The first-order valence-electron chi connectivity index (χ1n) is 9.32. The Hall–Kier alpha value is -1.75. The van der Waals surface area contributed by atoms with Crippen LogP contribution in [0.1, 0.15) is 24.1 Å². The van der Waals surface area contributed by atoms with Gasteiger partial charge in [-0.25, -0.2) is 0 Å². The van der Waals surface area contributed by atoms with E-state index < -0.39 is 0 Å². The van der Waals surface area contributed by atoms with Crippen molar-refractivity contribution in [2.45, 2.75) is 19.9 Å². The van der Waals surface area contributed by atoms with Gasteiger partial charge in [-0.05, 0) is 43.2 Å². The predicted octanol–water partition coefficient (Wildman–Crippen LogP) is 2.88. The summed E-state index contributed by atoms with van der Waals surface area (Å²) in [6.07, 6.45) is 0. The molecule has 0 spiro atoms. The highest BCUT2D eigenvalue weighted by Crippen LogP contribution is 2.25. The highest BCUT2D eigenvalue weighted by Gasteiger charge is 2.23. The Morgan fingerprint density at radius 3 is 2.52 bits per heavy atom. The van der Waals surface area contributed by atoms with Crippen LogP contribution in [0.15, 0.2) is 42.5 Å². The second kappa shape index (κ2) is 8.96. The summed E-state index contributed by atoms with van der Waals surface area (Å²) in [4.78, 5) is 16.2. The van der Waals surface area contributed by atoms with Crippen molar-refractivity contribution in [2.75, 3.05) is 37.6 Å². The molecule has 0 aliphatic carbocycles. The second-order valence-corrected chi connectivity index (χ2v) is 7.98. The van der Waals surface area contributed by atoms with Crippen LogP contribution in [0, 0.1) is 6.92 Å². The maximum Gasteiger partial charge on any atom is 0.275 e. The zero-order chi connectivity index (χ0) is 19.4. The molecule has 1 atom stereocenters. The monoisotopic (exact) mass is 406 g/mol. The van der Waals surface area contributed by atoms with E-state index in [9.17, 15) is 4.79 Å². The quantitative estimate of drug-likeness (QED) is 0.800. The van der Waals surface area contributed by atoms with E-state index >= 15 is 0 Å². The van der Waals surface area contributed by atoms with Crippen LogP contribution in [0.25, 0.3) is 0 Å². The Labute approximate surface area is 171 Å². The van der Waals surface area contributed by atoms with Gasteiger partial charge in [-0.1, -0.05) is 47.5 Å². The summed E-state index contributed by atoms with van der Waals surface area (Å²) >= 11 is 12.0. The fraction of sp³-hybridized carbons (Fsp3) is 0.381. The second-order valence-electron chi connectivity index (χ2n) is 7.16. The van der Waals surface area contributed by atoms with Gasteiger partial charge in [0.1, 0.15) is 0 Å². The van der Waals surface area contributed by atoms with Gasteiger partial charge in [-0.2, -0.15) is 0 Å². The van der Waals surface area contributed by atoms with E-state index in [1.165, 1.54) is 16.2 Å². The zero-order valence-corrected chi connectivity index (χ0v) is 17.3. The van der Waals surface area contributed by atoms with Crippen molar-refractivity contribution in [3.8, 4) is 0 Å². The van der Waals surface area contributed by atoms with Gasteiger partial charge < -0.3 is 15.1 Å². The first kappa shape index (κ1) is 20.0. The SMILES string of the molecule is Cc1ccccc1N1CC[NH+](CC(=O)N[C@H](C)c2ccc(Cl)c(Cl)c2)CC1. The van der Waals surface area contributed by atoms with Crippen LogP contribution in [0.2, 0.25) is 10.0 Å². The third-order valence-electron chi connectivity index (χ3n) is 5.16. The summed E-state index contributed by atoms with van der Waals surface area (Å²) < 4.78 is 0. The number of carbonyl (C=O) groups excluding carboxylic acids is 1. The number of rotatable bonds is 5. The number of hydrogen-bond acceptors (Lipinski definition) is 2. The van der Waals surface area contributed by atoms with Gasteiger partial charge >= 0.3 is 0 Å². The smallest absolute Gasteiger partial charge is 0.275 e. The number of nitrogens with one attached hydrogen (secondary N) is 2. The Kier molecular flexibility index (Phi) is 6.64. The highest BCUT2D eigenvalue weighted by molar-refractivity contribution is 6.42. The van der Waals surface area contributed by atoms with Crippen LogP contribution in [-0.4, -0.2) is 38.6 Å². The standard InChI is InChI=1S/C21H25Cl2N3O/c1-15-5-3-4-6-20(15)26-11-9-25(10-12-26)14-21(27)24-16(2)17-7-8-18(22)19(23)13-17/h3-8,13,16H,9-12,14H2,1-2H3,(H,24,27)/p+1/t16-/m1/s1. The van der Waals surface area contributed by atoms with E-state index in [1.54, 1.807) is 6.07 Å². The third kappa shape index (κ3) is 5.16. The molecule has 2 N–H and O–H groups in total. The van der Waals surface area contributed by atoms with Gasteiger partial charge in [0.15, 0.2) is 6.54 Å². The van der Waals surface area contributed by atoms with E-state index in [2.05, 4.69) is 41.4 Å². The van der Waals surface area contributed by atoms with Crippen LogP contribution in [0.3, 0.4) is 0 Å². The summed E-state index contributed by atoms with van der Waals surface area (Å²) in [5.74, 6) is 0.0629. The van der Waals surface area contributed by atoms with Crippen molar-refractivity contribution >= 4 is 34.8 Å². The van der Waals surface area contributed by atoms with E-state index in [-0.39, 0.29) is 11.9 Å². The molecule has 27 heavy (non-hydrogen) atoms. The lowest BCUT2D eigenvalue weighted by molar-refractivity contribution is -0.892. The zero-order valence-electron chi connectivity index (χ0n) is 15.8. The Bertz CT molecular complexity index is 804. The van der Waals surface area contributed by atoms with Gasteiger partial charge in [0.2, 0.25) is 0 Å². The topological polar surface area (TPSA) is 36.8 Å². The molecule has 2 aromatic rings. The lowest BCUT2D eigenvalue weighted by Gasteiger charge is -2.34. The molecule has 2 aromatic carbocycles. The lowest BCUT2D eigenvalue weighted by Crippen LogP contribution is -3.16. The minimum Gasteiger partial charge on any atom is -0.360 e. The predicted molar refractivity (Wildman–Crippen MR) is 112 cm³/mol. The van der Waals surface area contributed by atoms with Crippen molar-refractivity contribution in [1.29, 1.82) is 0 Å². The van der Waals surface area contributed by atoms with E-state index in [0.29, 0.717) is 16.6 Å². The number of amides is 1. The molecule has 1 saturated heterocycles. The molecule has 0 bridgehead atoms. The number of anilines is 1. The Balaban J connectivity index is 1.49. The molecule has 1 amide bonds.